The van der Waals surface area contributed by atoms with Crippen molar-refractivity contribution in [3.63, 3.8) is 0 Å². The lowest BCUT2D eigenvalue weighted by Gasteiger charge is -2.08. The molecule has 0 radical (unpaired) electrons. The molecule has 3 nitrogen and oxygen atoms in total. The molecule has 88 valence electrons. The zero-order chi connectivity index (χ0) is 12.0. The van der Waals surface area contributed by atoms with Crippen molar-refractivity contribution >= 4 is 5.78 Å². The van der Waals surface area contributed by atoms with E-state index in [4.69, 9.17) is 10.5 Å². The first kappa shape index (κ1) is 12.7. The van der Waals surface area contributed by atoms with E-state index in [2.05, 4.69) is 13.0 Å². The second kappa shape index (κ2) is 6.28. The Kier molecular flexibility index (Phi) is 4.99. The van der Waals surface area contributed by atoms with Gasteiger partial charge in [-0.05, 0) is 30.0 Å². The molecule has 0 aromatic heterocycles. The van der Waals surface area contributed by atoms with Gasteiger partial charge in [-0.2, -0.15) is 0 Å². The molecule has 1 aromatic rings. The summed E-state index contributed by atoms with van der Waals surface area (Å²) >= 11 is 0. The average molecular weight is 221 g/mol. The number of carbonyl (C=O) groups excluding carboxylic acids is 1. The molecule has 0 aliphatic rings. The van der Waals surface area contributed by atoms with Gasteiger partial charge in [-0.1, -0.05) is 19.1 Å². The molecular formula is C13H19NO2. The summed E-state index contributed by atoms with van der Waals surface area (Å²) in [4.78, 5) is 11.1. The van der Waals surface area contributed by atoms with E-state index in [-0.39, 0.29) is 12.3 Å². The van der Waals surface area contributed by atoms with Crippen LogP contribution in [0.5, 0.6) is 5.75 Å². The van der Waals surface area contributed by atoms with Crippen molar-refractivity contribution in [3.8, 4) is 5.75 Å². The number of ketones is 1. The maximum atomic E-state index is 11.1. The third-order valence-corrected chi connectivity index (χ3v) is 2.65. The van der Waals surface area contributed by atoms with Gasteiger partial charge in [0.1, 0.15) is 11.5 Å². The molecule has 0 aliphatic heterocycles. The number of hydrogen-bond acceptors (Lipinski definition) is 3. The second-order valence-electron chi connectivity index (χ2n) is 3.74. The summed E-state index contributed by atoms with van der Waals surface area (Å²) < 4.78 is 5.25. The molecule has 0 saturated heterocycles. The fourth-order valence-corrected chi connectivity index (χ4v) is 1.65. The van der Waals surface area contributed by atoms with Crippen LogP contribution in [0.15, 0.2) is 18.2 Å². The summed E-state index contributed by atoms with van der Waals surface area (Å²) in [5, 5.41) is 0. The van der Waals surface area contributed by atoms with Crippen LogP contribution >= 0.6 is 0 Å². The van der Waals surface area contributed by atoms with Gasteiger partial charge in [0, 0.05) is 6.42 Å². The molecule has 0 amide bonds. The molecule has 2 N–H and O–H groups in total. The summed E-state index contributed by atoms with van der Waals surface area (Å²) in [6.07, 6.45) is 2.21. The first-order valence-corrected chi connectivity index (χ1v) is 5.58. The Hall–Kier alpha value is -1.35. The van der Waals surface area contributed by atoms with E-state index >= 15 is 0 Å². The van der Waals surface area contributed by atoms with Crippen LogP contribution in [-0.2, 0) is 17.6 Å². The van der Waals surface area contributed by atoms with Gasteiger partial charge in [0.05, 0.1) is 13.7 Å². The molecule has 0 fully saturated rings. The Morgan fingerprint density at radius 3 is 2.75 bits per heavy atom. The third kappa shape index (κ3) is 3.35. The minimum atomic E-state index is 0.105. The lowest BCUT2D eigenvalue weighted by Crippen LogP contribution is -2.13. The van der Waals surface area contributed by atoms with Crippen molar-refractivity contribution in [2.45, 2.75) is 26.2 Å². The molecule has 0 saturated carbocycles. The maximum absolute atomic E-state index is 11.1. The summed E-state index contributed by atoms with van der Waals surface area (Å²) in [6, 6.07) is 6.06. The third-order valence-electron chi connectivity index (χ3n) is 2.65. The summed E-state index contributed by atoms with van der Waals surface area (Å²) in [6.45, 7) is 2.23. The standard InChI is InChI=1S/C13H19NO2/c1-3-11-8-10(4-6-12(15)9-14)5-7-13(11)16-2/h5,7-8H,3-4,6,9,14H2,1-2H3. The van der Waals surface area contributed by atoms with E-state index < -0.39 is 0 Å². The molecule has 0 spiro atoms. The predicted octanol–water partition coefficient (Wildman–Crippen LogP) is 1.72. The van der Waals surface area contributed by atoms with Crippen LogP contribution in [0, 0.1) is 0 Å². The molecule has 0 aliphatic carbocycles. The van der Waals surface area contributed by atoms with Crippen LogP contribution < -0.4 is 10.5 Å². The topological polar surface area (TPSA) is 52.3 Å². The van der Waals surface area contributed by atoms with Crippen LogP contribution in [0.4, 0.5) is 0 Å². The Balaban J connectivity index is 2.71. The van der Waals surface area contributed by atoms with Crippen LogP contribution in [-0.4, -0.2) is 19.4 Å². The smallest absolute Gasteiger partial charge is 0.146 e. The number of carbonyl (C=O) groups is 1. The number of methoxy groups -OCH3 is 1. The Morgan fingerprint density at radius 2 is 2.19 bits per heavy atom. The van der Waals surface area contributed by atoms with Crippen LogP contribution in [0.25, 0.3) is 0 Å². The lowest BCUT2D eigenvalue weighted by atomic mass is 10.0. The molecule has 3 heteroatoms. The number of hydrogen-bond donors (Lipinski definition) is 1. The molecule has 0 heterocycles. The predicted molar refractivity (Wildman–Crippen MR) is 64.8 cm³/mol. The van der Waals surface area contributed by atoms with E-state index in [9.17, 15) is 4.79 Å². The highest BCUT2D eigenvalue weighted by Crippen LogP contribution is 2.20. The summed E-state index contributed by atoms with van der Waals surface area (Å²) in [5.74, 6) is 1.02. The quantitative estimate of drug-likeness (QED) is 0.795. The van der Waals surface area contributed by atoms with E-state index in [1.807, 2.05) is 12.1 Å². The highest BCUT2D eigenvalue weighted by atomic mass is 16.5. The van der Waals surface area contributed by atoms with Crippen molar-refractivity contribution < 1.29 is 9.53 Å². The summed E-state index contributed by atoms with van der Waals surface area (Å²) in [7, 11) is 1.67. The van der Waals surface area contributed by atoms with E-state index in [1.165, 1.54) is 11.1 Å². The zero-order valence-corrected chi connectivity index (χ0v) is 9.95. The van der Waals surface area contributed by atoms with Gasteiger partial charge in [-0.25, -0.2) is 0 Å². The number of ether oxygens (including phenoxy) is 1. The molecule has 16 heavy (non-hydrogen) atoms. The number of aryl methyl sites for hydroxylation is 2. The first-order chi connectivity index (χ1) is 7.71. The highest BCUT2D eigenvalue weighted by molar-refractivity contribution is 5.80. The molecule has 0 atom stereocenters. The maximum Gasteiger partial charge on any atom is 0.146 e. The van der Waals surface area contributed by atoms with Crippen molar-refractivity contribution in [2.24, 2.45) is 5.73 Å². The monoisotopic (exact) mass is 221 g/mol. The fraction of sp³-hybridized carbons (Fsp3) is 0.462. The Bertz CT molecular complexity index is 361. The van der Waals surface area contributed by atoms with Crippen molar-refractivity contribution in [1.29, 1.82) is 0 Å². The largest absolute Gasteiger partial charge is 0.496 e. The van der Waals surface area contributed by atoms with E-state index in [0.29, 0.717) is 6.42 Å². The Morgan fingerprint density at radius 1 is 1.44 bits per heavy atom. The normalized spacial score (nSPS) is 10.2. The van der Waals surface area contributed by atoms with E-state index in [1.54, 1.807) is 7.11 Å². The number of nitrogens with two attached hydrogens (primary N) is 1. The average Bonchev–Trinajstić information content (AvgIpc) is 2.35. The van der Waals surface area contributed by atoms with Crippen molar-refractivity contribution in [3.05, 3.63) is 29.3 Å². The molecule has 1 aromatic carbocycles. The van der Waals surface area contributed by atoms with Crippen LogP contribution in [0.2, 0.25) is 0 Å². The fourth-order valence-electron chi connectivity index (χ4n) is 1.65. The van der Waals surface area contributed by atoms with Gasteiger partial charge in [0.2, 0.25) is 0 Å². The molecule has 1 rings (SSSR count). The minimum absolute atomic E-state index is 0.105. The molecule has 0 unspecified atom stereocenters. The van der Waals surface area contributed by atoms with Gasteiger partial charge in [-0.3, -0.25) is 4.79 Å². The lowest BCUT2D eigenvalue weighted by molar-refractivity contribution is -0.117. The number of Topliss-reactive ketones (excluding diaryl/α,β-unsaturated/α-hetero) is 1. The zero-order valence-electron chi connectivity index (χ0n) is 9.95. The minimum Gasteiger partial charge on any atom is -0.496 e. The first-order valence-electron chi connectivity index (χ1n) is 5.58. The number of rotatable bonds is 6. The molecular weight excluding hydrogens is 202 g/mol. The van der Waals surface area contributed by atoms with Crippen LogP contribution in [0.1, 0.15) is 24.5 Å². The number of benzene rings is 1. The van der Waals surface area contributed by atoms with Crippen molar-refractivity contribution in [2.75, 3.05) is 13.7 Å². The van der Waals surface area contributed by atoms with Gasteiger partial charge in [0.25, 0.3) is 0 Å². The van der Waals surface area contributed by atoms with Gasteiger partial charge < -0.3 is 10.5 Å². The SMILES string of the molecule is CCc1cc(CCC(=O)CN)ccc1OC. The molecule has 0 bridgehead atoms. The Labute approximate surface area is 96.6 Å². The van der Waals surface area contributed by atoms with Crippen molar-refractivity contribution in [1.82, 2.24) is 0 Å². The second-order valence-corrected chi connectivity index (χ2v) is 3.74. The van der Waals surface area contributed by atoms with E-state index in [0.717, 1.165) is 18.6 Å². The summed E-state index contributed by atoms with van der Waals surface area (Å²) in [5.41, 5.74) is 7.62. The van der Waals surface area contributed by atoms with Gasteiger partial charge in [-0.15, -0.1) is 0 Å². The van der Waals surface area contributed by atoms with Gasteiger partial charge in [0.15, 0.2) is 0 Å². The van der Waals surface area contributed by atoms with Gasteiger partial charge >= 0.3 is 0 Å². The van der Waals surface area contributed by atoms with Crippen LogP contribution in [0.3, 0.4) is 0 Å². The highest BCUT2D eigenvalue weighted by Gasteiger charge is 2.04.